The Morgan fingerprint density at radius 1 is 1.24 bits per heavy atom. The number of rotatable bonds is 2. The van der Waals surface area contributed by atoms with Crippen LogP contribution < -0.4 is 5.73 Å². The molecule has 2 fully saturated rings. The predicted molar refractivity (Wildman–Crippen MR) is 78.7 cm³/mol. The molecule has 1 aromatic carbocycles. The summed E-state index contributed by atoms with van der Waals surface area (Å²) in [5, 5.41) is 0. The van der Waals surface area contributed by atoms with Gasteiger partial charge in [0, 0.05) is 19.1 Å². The molecule has 116 valence electrons. The Balaban J connectivity index is 1.84. The average molecular weight is 312 g/mol. The van der Waals surface area contributed by atoms with E-state index in [2.05, 4.69) is 0 Å². The molecule has 0 bridgehead atoms. The van der Waals surface area contributed by atoms with Gasteiger partial charge in [-0.05, 0) is 55.7 Å². The lowest BCUT2D eigenvalue weighted by atomic mass is 9.79. The summed E-state index contributed by atoms with van der Waals surface area (Å²) in [6.07, 6.45) is 2.84. The predicted octanol–water partition coefficient (Wildman–Crippen LogP) is 1.88. The van der Waals surface area contributed by atoms with Crippen molar-refractivity contribution in [3.8, 4) is 0 Å². The quantitative estimate of drug-likeness (QED) is 0.907. The molecule has 1 unspecified atom stereocenters. The molecular formula is C15H21FN2O2S. The van der Waals surface area contributed by atoms with Crippen LogP contribution in [0.15, 0.2) is 23.1 Å². The first kappa shape index (κ1) is 14.9. The van der Waals surface area contributed by atoms with Crippen molar-refractivity contribution in [1.29, 1.82) is 0 Å². The molecule has 2 N–H and O–H groups in total. The molecule has 3 rings (SSSR count). The highest BCUT2D eigenvalue weighted by Gasteiger charge is 2.41. The van der Waals surface area contributed by atoms with Crippen LogP contribution in [-0.2, 0) is 10.0 Å². The maximum atomic E-state index is 13.6. The van der Waals surface area contributed by atoms with E-state index in [-0.39, 0.29) is 10.9 Å². The normalized spacial score (nSPS) is 30.3. The highest BCUT2D eigenvalue weighted by atomic mass is 32.2. The summed E-state index contributed by atoms with van der Waals surface area (Å²) in [7, 11) is -3.60. The number of hydrogen-bond acceptors (Lipinski definition) is 3. The molecule has 1 saturated carbocycles. The first-order valence-electron chi connectivity index (χ1n) is 7.40. The zero-order valence-electron chi connectivity index (χ0n) is 12.1. The Morgan fingerprint density at radius 3 is 2.67 bits per heavy atom. The molecule has 6 heteroatoms. The van der Waals surface area contributed by atoms with Crippen LogP contribution >= 0.6 is 0 Å². The van der Waals surface area contributed by atoms with Crippen LogP contribution in [0.3, 0.4) is 0 Å². The Hall–Kier alpha value is -0.980. The van der Waals surface area contributed by atoms with Crippen molar-refractivity contribution in [3.63, 3.8) is 0 Å². The molecule has 1 aromatic rings. The largest absolute Gasteiger partial charge is 0.328 e. The van der Waals surface area contributed by atoms with Crippen LogP contribution in [0.2, 0.25) is 0 Å². The van der Waals surface area contributed by atoms with Crippen LogP contribution in [-0.4, -0.2) is 31.9 Å². The molecule has 1 aliphatic heterocycles. The van der Waals surface area contributed by atoms with E-state index in [0.717, 1.165) is 25.3 Å². The molecule has 0 amide bonds. The fraction of sp³-hybridized carbons (Fsp3) is 0.600. The fourth-order valence-electron chi connectivity index (χ4n) is 3.50. The van der Waals surface area contributed by atoms with Crippen LogP contribution in [0.4, 0.5) is 4.39 Å². The van der Waals surface area contributed by atoms with Crippen LogP contribution in [0.1, 0.15) is 24.8 Å². The SMILES string of the molecule is Cc1ccc(S(=O)(=O)N2C[C@H]3CCC(N)C[C@H]3C2)cc1F. The van der Waals surface area contributed by atoms with Crippen LogP contribution in [0.25, 0.3) is 0 Å². The van der Waals surface area contributed by atoms with Crippen molar-refractivity contribution in [3.05, 3.63) is 29.6 Å². The number of nitrogens with zero attached hydrogens (tertiary/aromatic N) is 1. The molecule has 2 aliphatic rings. The third-order valence-corrected chi connectivity index (χ3v) is 6.67. The van der Waals surface area contributed by atoms with Gasteiger partial charge in [-0.3, -0.25) is 0 Å². The second kappa shape index (κ2) is 5.34. The Labute approximate surface area is 125 Å². The maximum absolute atomic E-state index is 13.6. The molecule has 1 aliphatic carbocycles. The minimum Gasteiger partial charge on any atom is -0.328 e. The van der Waals surface area contributed by atoms with Gasteiger partial charge in [0.15, 0.2) is 0 Å². The van der Waals surface area contributed by atoms with E-state index in [1.165, 1.54) is 16.4 Å². The van der Waals surface area contributed by atoms with Gasteiger partial charge < -0.3 is 5.73 Å². The number of benzene rings is 1. The molecule has 3 atom stereocenters. The van der Waals surface area contributed by atoms with E-state index in [4.69, 9.17) is 5.73 Å². The highest BCUT2D eigenvalue weighted by molar-refractivity contribution is 7.89. The van der Waals surface area contributed by atoms with Gasteiger partial charge in [-0.25, -0.2) is 12.8 Å². The standard InChI is InChI=1S/C15H21FN2O2S/c1-10-2-5-14(7-15(10)16)21(19,20)18-8-11-3-4-13(17)6-12(11)9-18/h2,5,7,11-13H,3-4,6,8-9,17H2,1H3/t11-,12+,13?/m1/s1. The zero-order valence-corrected chi connectivity index (χ0v) is 12.9. The summed E-state index contributed by atoms with van der Waals surface area (Å²) in [6.45, 7) is 2.67. The van der Waals surface area contributed by atoms with Crippen LogP contribution in [0.5, 0.6) is 0 Å². The van der Waals surface area contributed by atoms with Gasteiger partial charge in [0.05, 0.1) is 4.90 Å². The molecule has 0 aromatic heterocycles. The molecule has 0 radical (unpaired) electrons. The third-order valence-electron chi connectivity index (χ3n) is 4.84. The number of sulfonamides is 1. The lowest BCUT2D eigenvalue weighted by Crippen LogP contribution is -2.32. The summed E-state index contributed by atoms with van der Waals surface area (Å²) < 4.78 is 40.5. The van der Waals surface area contributed by atoms with E-state index in [0.29, 0.717) is 30.5 Å². The molecular weight excluding hydrogens is 291 g/mol. The van der Waals surface area contributed by atoms with E-state index in [1.54, 1.807) is 6.92 Å². The number of halogens is 1. The van der Waals surface area contributed by atoms with Crippen molar-refractivity contribution >= 4 is 10.0 Å². The van der Waals surface area contributed by atoms with Gasteiger partial charge in [0.2, 0.25) is 10.0 Å². The monoisotopic (exact) mass is 312 g/mol. The van der Waals surface area contributed by atoms with E-state index >= 15 is 0 Å². The molecule has 0 spiro atoms. The minimum absolute atomic E-state index is 0.0496. The fourth-order valence-corrected chi connectivity index (χ4v) is 5.07. The first-order chi connectivity index (χ1) is 9.88. The summed E-state index contributed by atoms with van der Waals surface area (Å²) >= 11 is 0. The van der Waals surface area contributed by atoms with E-state index in [1.807, 2.05) is 0 Å². The highest BCUT2D eigenvalue weighted by Crippen LogP contribution is 2.38. The number of nitrogens with two attached hydrogens (primary N) is 1. The lowest BCUT2D eigenvalue weighted by molar-refractivity contribution is 0.271. The molecule has 1 heterocycles. The first-order valence-corrected chi connectivity index (χ1v) is 8.84. The summed E-state index contributed by atoms with van der Waals surface area (Å²) in [5.74, 6) is 0.267. The van der Waals surface area contributed by atoms with Crippen molar-refractivity contribution < 1.29 is 12.8 Å². The Bertz CT molecular complexity index is 647. The summed E-state index contributed by atoms with van der Waals surface area (Å²) in [5.41, 5.74) is 6.43. The van der Waals surface area contributed by atoms with Gasteiger partial charge in [-0.1, -0.05) is 6.07 Å². The molecule has 1 saturated heterocycles. The van der Waals surface area contributed by atoms with E-state index < -0.39 is 15.8 Å². The number of fused-ring (bicyclic) bond motifs is 1. The third kappa shape index (κ3) is 2.72. The lowest BCUT2D eigenvalue weighted by Gasteiger charge is -2.28. The van der Waals surface area contributed by atoms with Gasteiger partial charge in [-0.15, -0.1) is 0 Å². The smallest absolute Gasteiger partial charge is 0.243 e. The molecule has 21 heavy (non-hydrogen) atoms. The minimum atomic E-state index is -3.60. The second-order valence-corrected chi connectivity index (χ2v) is 8.26. The van der Waals surface area contributed by atoms with Crippen molar-refractivity contribution in [2.75, 3.05) is 13.1 Å². The molecule has 4 nitrogen and oxygen atoms in total. The number of hydrogen-bond donors (Lipinski definition) is 1. The van der Waals surface area contributed by atoms with Gasteiger partial charge in [0.25, 0.3) is 0 Å². The van der Waals surface area contributed by atoms with Gasteiger partial charge >= 0.3 is 0 Å². The Morgan fingerprint density at radius 2 is 1.95 bits per heavy atom. The average Bonchev–Trinajstić information content (AvgIpc) is 2.85. The summed E-state index contributed by atoms with van der Waals surface area (Å²) in [6, 6.07) is 4.31. The summed E-state index contributed by atoms with van der Waals surface area (Å²) in [4.78, 5) is 0.0496. The maximum Gasteiger partial charge on any atom is 0.243 e. The van der Waals surface area contributed by atoms with Crippen molar-refractivity contribution in [2.45, 2.75) is 37.1 Å². The van der Waals surface area contributed by atoms with Crippen LogP contribution in [0, 0.1) is 24.6 Å². The topological polar surface area (TPSA) is 63.4 Å². The second-order valence-electron chi connectivity index (χ2n) is 6.33. The van der Waals surface area contributed by atoms with Gasteiger partial charge in [-0.2, -0.15) is 4.31 Å². The van der Waals surface area contributed by atoms with Crippen molar-refractivity contribution in [2.24, 2.45) is 17.6 Å². The zero-order chi connectivity index (χ0) is 15.2. The van der Waals surface area contributed by atoms with E-state index in [9.17, 15) is 12.8 Å². The van der Waals surface area contributed by atoms with Gasteiger partial charge in [0.1, 0.15) is 5.82 Å². The Kier molecular flexibility index (Phi) is 3.80. The van der Waals surface area contributed by atoms with Crippen molar-refractivity contribution in [1.82, 2.24) is 4.31 Å². The number of aryl methyl sites for hydroxylation is 1.